The summed E-state index contributed by atoms with van der Waals surface area (Å²) in [5, 5.41) is 2.79. The van der Waals surface area contributed by atoms with Gasteiger partial charge in [0, 0.05) is 12.1 Å². The van der Waals surface area contributed by atoms with Crippen LogP contribution in [0.2, 0.25) is 0 Å². The number of unbranched alkanes of at least 4 members (excludes halogenated alkanes) is 10. The lowest BCUT2D eigenvalue weighted by Gasteiger charge is -2.20. The standard InChI is InChI=1S/C32H49F2N2O6PS/c1-2-3-4-5-6-7-8-9-10-16-25-44(41,42)36-30(31(37)35-24-15-14-19-27-17-12-11-13-18-27)26-28-20-22-29(23-21-28)32(33,34)43(38,39)40/h11-13,17-18,20-23,30,36H,2-10,14-16,19,24-26H2,1H3,(H,35,37)(H2,38,39,40)/t30-/m0/s1. The summed E-state index contributed by atoms with van der Waals surface area (Å²) < 4.78 is 67.7. The first-order valence-electron chi connectivity index (χ1n) is 15.7. The van der Waals surface area contributed by atoms with E-state index in [1.165, 1.54) is 49.8 Å². The summed E-state index contributed by atoms with van der Waals surface area (Å²) in [6.07, 6.45) is 12.8. The first-order chi connectivity index (χ1) is 20.9. The van der Waals surface area contributed by atoms with Gasteiger partial charge in [-0.2, -0.15) is 8.78 Å². The summed E-state index contributed by atoms with van der Waals surface area (Å²) in [5.74, 6) is -0.654. The Morgan fingerprint density at radius 3 is 1.95 bits per heavy atom. The SMILES string of the molecule is CCCCCCCCCCCCS(=O)(=O)N[C@@H](Cc1ccc(C(F)(F)P(=O)(O)O)cc1)C(=O)NCCCCc1ccccc1. The van der Waals surface area contributed by atoms with E-state index in [1.807, 2.05) is 30.3 Å². The van der Waals surface area contributed by atoms with Crippen LogP contribution in [0.15, 0.2) is 54.6 Å². The highest BCUT2D eigenvalue weighted by atomic mass is 32.2. The van der Waals surface area contributed by atoms with Gasteiger partial charge in [-0.15, -0.1) is 0 Å². The highest BCUT2D eigenvalue weighted by molar-refractivity contribution is 7.89. The zero-order valence-corrected chi connectivity index (χ0v) is 27.4. The fourth-order valence-electron chi connectivity index (χ4n) is 4.92. The summed E-state index contributed by atoms with van der Waals surface area (Å²) in [6.45, 7) is 2.53. The molecule has 0 aromatic heterocycles. The number of hydrogen-bond acceptors (Lipinski definition) is 4. The maximum atomic E-state index is 14.1. The minimum Gasteiger partial charge on any atom is -0.355 e. The van der Waals surface area contributed by atoms with Crippen LogP contribution in [0.5, 0.6) is 0 Å². The number of alkyl halides is 2. The normalized spacial score (nSPS) is 13.1. The van der Waals surface area contributed by atoms with Gasteiger partial charge < -0.3 is 15.1 Å². The van der Waals surface area contributed by atoms with Crippen LogP contribution >= 0.6 is 7.60 Å². The van der Waals surface area contributed by atoms with Crippen LogP contribution < -0.4 is 10.0 Å². The lowest BCUT2D eigenvalue weighted by Crippen LogP contribution is -2.48. The van der Waals surface area contributed by atoms with Crippen LogP contribution in [-0.2, 0) is 37.9 Å². The quantitative estimate of drug-likeness (QED) is 0.0767. The van der Waals surface area contributed by atoms with E-state index in [-0.39, 0.29) is 12.2 Å². The molecule has 12 heteroatoms. The number of carbonyl (C=O) groups excluding carboxylic acids is 1. The lowest BCUT2D eigenvalue weighted by molar-refractivity contribution is -0.122. The number of benzene rings is 2. The smallest absolute Gasteiger partial charge is 0.355 e. The number of amides is 1. The predicted molar refractivity (Wildman–Crippen MR) is 171 cm³/mol. The molecular formula is C32H49F2N2O6PS. The third-order valence-electron chi connectivity index (χ3n) is 7.55. The van der Waals surface area contributed by atoms with Crippen LogP contribution in [0, 0.1) is 0 Å². The zero-order chi connectivity index (χ0) is 32.5. The highest BCUT2D eigenvalue weighted by Gasteiger charge is 2.50. The topological polar surface area (TPSA) is 133 Å². The summed E-state index contributed by atoms with van der Waals surface area (Å²) >= 11 is 0. The van der Waals surface area contributed by atoms with Crippen LogP contribution in [-0.4, -0.2) is 42.5 Å². The van der Waals surface area contributed by atoms with E-state index in [2.05, 4.69) is 17.0 Å². The van der Waals surface area contributed by atoms with Crippen molar-refractivity contribution in [1.29, 1.82) is 0 Å². The molecule has 2 aromatic carbocycles. The Kier molecular flexibility index (Phi) is 16.7. The summed E-state index contributed by atoms with van der Waals surface area (Å²) in [6, 6.07) is 12.9. The molecule has 1 amide bonds. The number of rotatable bonds is 23. The van der Waals surface area contributed by atoms with Gasteiger partial charge in [0.05, 0.1) is 5.75 Å². The van der Waals surface area contributed by atoms with Crippen LogP contribution in [0.3, 0.4) is 0 Å². The van der Waals surface area contributed by atoms with Crippen molar-refractivity contribution in [3.8, 4) is 0 Å². The minimum atomic E-state index is -5.73. The lowest BCUT2D eigenvalue weighted by atomic mass is 10.0. The Morgan fingerprint density at radius 2 is 1.39 bits per heavy atom. The number of sulfonamides is 1. The van der Waals surface area contributed by atoms with Gasteiger partial charge in [0.15, 0.2) is 0 Å². The van der Waals surface area contributed by atoms with Gasteiger partial charge in [0.1, 0.15) is 6.04 Å². The molecule has 0 saturated carbocycles. The average molecular weight is 659 g/mol. The van der Waals surface area contributed by atoms with Crippen LogP contribution in [0.4, 0.5) is 8.78 Å². The van der Waals surface area contributed by atoms with E-state index in [0.717, 1.165) is 50.7 Å². The largest absolute Gasteiger partial charge is 0.399 e. The molecule has 0 saturated heterocycles. The van der Waals surface area contributed by atoms with Gasteiger partial charge in [-0.25, -0.2) is 13.1 Å². The van der Waals surface area contributed by atoms with Gasteiger partial charge in [-0.3, -0.25) is 9.36 Å². The molecule has 0 bridgehead atoms. The Labute approximate surface area is 261 Å². The molecule has 0 aliphatic carbocycles. The van der Waals surface area contributed by atoms with Crippen molar-refractivity contribution in [2.24, 2.45) is 0 Å². The van der Waals surface area contributed by atoms with Crippen molar-refractivity contribution >= 4 is 23.5 Å². The molecule has 1 atom stereocenters. The van der Waals surface area contributed by atoms with Gasteiger partial charge in [-0.05, 0) is 43.2 Å². The van der Waals surface area contributed by atoms with Crippen LogP contribution in [0.25, 0.3) is 0 Å². The van der Waals surface area contributed by atoms with Gasteiger partial charge in [0.25, 0.3) is 0 Å². The first-order valence-corrected chi connectivity index (χ1v) is 19.0. The van der Waals surface area contributed by atoms with Gasteiger partial charge in [-0.1, -0.05) is 119 Å². The molecule has 8 nitrogen and oxygen atoms in total. The molecule has 0 fully saturated rings. The maximum absolute atomic E-state index is 14.1. The van der Waals surface area contributed by atoms with Crippen molar-refractivity contribution in [1.82, 2.24) is 10.0 Å². The zero-order valence-electron chi connectivity index (χ0n) is 25.7. The van der Waals surface area contributed by atoms with Crippen molar-refractivity contribution in [2.75, 3.05) is 12.3 Å². The highest BCUT2D eigenvalue weighted by Crippen LogP contribution is 2.59. The Hall–Kier alpha value is -2.17. The third kappa shape index (κ3) is 14.3. The van der Waals surface area contributed by atoms with Crippen molar-refractivity contribution < 1.29 is 36.3 Å². The van der Waals surface area contributed by atoms with Gasteiger partial charge in [0.2, 0.25) is 15.9 Å². The van der Waals surface area contributed by atoms with E-state index < -0.39 is 40.8 Å². The van der Waals surface area contributed by atoms with E-state index >= 15 is 0 Å². The average Bonchev–Trinajstić information content (AvgIpc) is 2.97. The molecular weight excluding hydrogens is 609 g/mol. The fourth-order valence-corrected chi connectivity index (χ4v) is 6.73. The monoisotopic (exact) mass is 658 g/mol. The maximum Gasteiger partial charge on any atom is 0.399 e. The second-order valence-corrected chi connectivity index (χ2v) is 14.9. The molecule has 4 N–H and O–H groups in total. The van der Waals surface area contributed by atoms with E-state index in [0.29, 0.717) is 24.9 Å². The molecule has 0 spiro atoms. The Morgan fingerprint density at radius 1 is 0.818 bits per heavy atom. The number of hydrogen-bond donors (Lipinski definition) is 4. The van der Waals surface area contributed by atoms with Gasteiger partial charge >= 0.3 is 13.3 Å². The second kappa shape index (κ2) is 19.4. The van der Waals surface area contributed by atoms with Crippen molar-refractivity contribution in [2.45, 2.75) is 109 Å². The minimum absolute atomic E-state index is 0.116. The molecule has 0 aliphatic rings. The van der Waals surface area contributed by atoms with E-state index in [9.17, 15) is 26.6 Å². The fraction of sp³-hybridized carbons (Fsp3) is 0.594. The molecule has 0 heterocycles. The molecule has 2 rings (SSSR count). The predicted octanol–water partition coefficient (Wildman–Crippen LogP) is 6.80. The first kappa shape index (κ1) is 38.0. The molecule has 0 radical (unpaired) electrons. The molecule has 44 heavy (non-hydrogen) atoms. The van der Waals surface area contributed by atoms with E-state index in [1.54, 1.807) is 0 Å². The van der Waals surface area contributed by atoms with E-state index in [4.69, 9.17) is 9.79 Å². The third-order valence-corrected chi connectivity index (χ3v) is 10.0. The number of aryl methyl sites for hydroxylation is 1. The summed E-state index contributed by atoms with van der Waals surface area (Å²) in [4.78, 5) is 31.1. The number of carbonyl (C=O) groups is 1. The molecule has 2 aromatic rings. The van der Waals surface area contributed by atoms with Crippen LogP contribution in [0.1, 0.15) is 101 Å². The summed E-state index contributed by atoms with van der Waals surface area (Å²) in [7, 11) is -9.54. The molecule has 248 valence electrons. The Bertz CT molecular complexity index is 1260. The molecule has 0 unspecified atom stereocenters. The second-order valence-electron chi connectivity index (χ2n) is 11.4. The Balaban J connectivity index is 1.94. The number of nitrogens with one attached hydrogen (secondary N) is 2. The molecule has 0 aliphatic heterocycles. The summed E-state index contributed by atoms with van der Waals surface area (Å²) in [5.41, 5.74) is -3.68. The van der Waals surface area contributed by atoms with Crippen molar-refractivity contribution in [3.05, 3.63) is 71.3 Å². The number of halogens is 2. The van der Waals surface area contributed by atoms with Crippen molar-refractivity contribution in [3.63, 3.8) is 0 Å².